The number of anilines is 2. The maximum atomic E-state index is 13.3. The molecule has 0 atom stereocenters. The predicted octanol–water partition coefficient (Wildman–Crippen LogP) is 3.22. The predicted molar refractivity (Wildman–Crippen MR) is 114 cm³/mol. The van der Waals surface area contributed by atoms with Gasteiger partial charge in [0.15, 0.2) is 4.91 Å². The SMILES string of the molecule is NC(=O)c1ccc(N2C=C(C(=O)N3CCCCC3)S(=O)(=O)c3ccc(Cl)cc32)cc1. The highest BCUT2D eigenvalue weighted by atomic mass is 35.5. The molecule has 0 radical (unpaired) electrons. The van der Waals surface area contributed by atoms with Crippen molar-refractivity contribution < 1.29 is 18.0 Å². The number of benzene rings is 2. The van der Waals surface area contributed by atoms with Gasteiger partial charge in [0, 0.05) is 35.6 Å². The van der Waals surface area contributed by atoms with Crippen LogP contribution in [0.2, 0.25) is 5.02 Å². The molecule has 156 valence electrons. The van der Waals surface area contributed by atoms with Crippen LogP contribution in [0, 0.1) is 0 Å². The molecule has 2 heterocycles. The average Bonchev–Trinajstić information content (AvgIpc) is 2.74. The summed E-state index contributed by atoms with van der Waals surface area (Å²) in [6.45, 7) is 1.07. The fourth-order valence-corrected chi connectivity index (χ4v) is 5.39. The van der Waals surface area contributed by atoms with Crippen molar-refractivity contribution in [3.8, 4) is 0 Å². The second kappa shape index (κ2) is 7.77. The van der Waals surface area contributed by atoms with Gasteiger partial charge in [0.05, 0.1) is 10.6 Å². The molecule has 2 aromatic rings. The molecule has 4 rings (SSSR count). The van der Waals surface area contributed by atoms with Gasteiger partial charge in [-0.1, -0.05) is 11.6 Å². The lowest BCUT2D eigenvalue weighted by molar-refractivity contribution is -0.127. The van der Waals surface area contributed by atoms with Gasteiger partial charge >= 0.3 is 0 Å². The number of nitrogens with two attached hydrogens (primary N) is 1. The number of rotatable bonds is 3. The van der Waals surface area contributed by atoms with Gasteiger partial charge in [-0.25, -0.2) is 8.42 Å². The molecule has 2 aliphatic rings. The van der Waals surface area contributed by atoms with Crippen molar-refractivity contribution in [2.45, 2.75) is 24.2 Å². The maximum absolute atomic E-state index is 13.3. The van der Waals surface area contributed by atoms with E-state index >= 15 is 0 Å². The van der Waals surface area contributed by atoms with E-state index in [4.69, 9.17) is 17.3 Å². The monoisotopic (exact) mass is 445 g/mol. The Bertz CT molecular complexity index is 1150. The first-order valence-corrected chi connectivity index (χ1v) is 11.4. The van der Waals surface area contributed by atoms with Crippen LogP contribution in [0.4, 0.5) is 11.4 Å². The minimum Gasteiger partial charge on any atom is -0.366 e. The summed E-state index contributed by atoms with van der Waals surface area (Å²) in [5.41, 5.74) is 6.54. The summed E-state index contributed by atoms with van der Waals surface area (Å²) in [5, 5.41) is 0.363. The number of hydrogen-bond donors (Lipinski definition) is 1. The highest BCUT2D eigenvalue weighted by molar-refractivity contribution is 7.96. The third-order valence-corrected chi connectivity index (χ3v) is 7.31. The van der Waals surface area contributed by atoms with E-state index in [0.717, 1.165) is 19.3 Å². The van der Waals surface area contributed by atoms with E-state index < -0.39 is 21.7 Å². The van der Waals surface area contributed by atoms with Gasteiger partial charge in [-0.3, -0.25) is 9.59 Å². The molecule has 2 amide bonds. The third-order valence-electron chi connectivity index (χ3n) is 5.29. The van der Waals surface area contributed by atoms with Crippen molar-refractivity contribution in [3.05, 3.63) is 64.2 Å². The second-order valence-corrected chi connectivity index (χ2v) is 9.57. The zero-order chi connectivity index (χ0) is 21.5. The van der Waals surface area contributed by atoms with Crippen LogP contribution in [-0.4, -0.2) is 38.2 Å². The molecule has 0 unspecified atom stereocenters. The van der Waals surface area contributed by atoms with Crippen LogP contribution in [0.5, 0.6) is 0 Å². The lowest BCUT2D eigenvalue weighted by Crippen LogP contribution is -2.39. The summed E-state index contributed by atoms with van der Waals surface area (Å²) in [7, 11) is -4.02. The summed E-state index contributed by atoms with van der Waals surface area (Å²) in [6.07, 6.45) is 4.06. The van der Waals surface area contributed by atoms with Gasteiger partial charge in [-0.15, -0.1) is 0 Å². The molecule has 30 heavy (non-hydrogen) atoms. The van der Waals surface area contributed by atoms with Crippen LogP contribution in [-0.2, 0) is 14.6 Å². The zero-order valence-corrected chi connectivity index (χ0v) is 17.6. The van der Waals surface area contributed by atoms with Gasteiger partial charge in [-0.2, -0.15) is 0 Å². The standard InChI is InChI=1S/C21H20ClN3O4S/c22-15-6-9-18-17(12-15)25(16-7-4-14(5-8-16)20(23)26)13-19(30(18,28)29)21(27)24-10-2-1-3-11-24/h4-9,12-13H,1-3,10-11H2,(H2,23,26). The Balaban J connectivity index is 1.85. The number of fused-ring (bicyclic) bond motifs is 1. The first kappa shape index (κ1) is 20.4. The van der Waals surface area contributed by atoms with E-state index in [1.54, 1.807) is 34.1 Å². The first-order valence-electron chi connectivity index (χ1n) is 9.54. The number of hydrogen-bond acceptors (Lipinski definition) is 5. The fourth-order valence-electron chi connectivity index (χ4n) is 3.70. The molecular formula is C21H20ClN3O4S. The fraction of sp³-hybridized carbons (Fsp3) is 0.238. The van der Waals surface area contributed by atoms with Gasteiger partial charge in [0.25, 0.3) is 5.91 Å². The molecule has 2 aliphatic heterocycles. The van der Waals surface area contributed by atoms with E-state index in [0.29, 0.717) is 35.1 Å². The number of nitrogens with zero attached hydrogens (tertiary/aromatic N) is 2. The van der Waals surface area contributed by atoms with Crippen LogP contribution in [0.25, 0.3) is 0 Å². The Hall–Kier alpha value is -2.84. The van der Waals surface area contributed by atoms with Gasteiger partial charge in [0.2, 0.25) is 15.7 Å². The molecule has 2 aromatic carbocycles. The maximum Gasteiger partial charge on any atom is 0.267 e. The molecule has 1 saturated heterocycles. The number of primary amides is 1. The Labute approximate surface area is 179 Å². The molecule has 1 fully saturated rings. The van der Waals surface area contributed by atoms with Crippen molar-refractivity contribution >= 4 is 44.6 Å². The summed E-state index contributed by atoms with van der Waals surface area (Å²) in [6, 6.07) is 10.8. The van der Waals surface area contributed by atoms with E-state index in [1.807, 2.05) is 0 Å². The minimum atomic E-state index is -4.02. The van der Waals surface area contributed by atoms with E-state index in [2.05, 4.69) is 0 Å². The zero-order valence-electron chi connectivity index (χ0n) is 16.0. The van der Waals surface area contributed by atoms with Crippen molar-refractivity contribution in [2.75, 3.05) is 18.0 Å². The Morgan fingerprint density at radius 3 is 2.27 bits per heavy atom. The third kappa shape index (κ3) is 3.57. The van der Waals surface area contributed by atoms with Crippen LogP contribution in [0.15, 0.2) is 58.5 Å². The summed E-state index contributed by atoms with van der Waals surface area (Å²) < 4.78 is 26.5. The van der Waals surface area contributed by atoms with Gasteiger partial charge in [0.1, 0.15) is 0 Å². The summed E-state index contributed by atoms with van der Waals surface area (Å²) >= 11 is 6.13. The topological polar surface area (TPSA) is 101 Å². The largest absolute Gasteiger partial charge is 0.366 e. The summed E-state index contributed by atoms with van der Waals surface area (Å²) in [4.78, 5) is 27.4. The normalized spacial score (nSPS) is 17.8. The second-order valence-electron chi connectivity index (χ2n) is 7.24. The Morgan fingerprint density at radius 2 is 1.63 bits per heavy atom. The van der Waals surface area contributed by atoms with Crippen LogP contribution >= 0.6 is 11.6 Å². The number of sulfone groups is 1. The number of piperidine rings is 1. The van der Waals surface area contributed by atoms with Crippen molar-refractivity contribution in [3.63, 3.8) is 0 Å². The molecule has 0 bridgehead atoms. The Kier molecular flexibility index (Phi) is 5.29. The number of likely N-dealkylation sites (tertiary alicyclic amines) is 1. The smallest absolute Gasteiger partial charge is 0.267 e. The van der Waals surface area contributed by atoms with Gasteiger partial charge in [-0.05, 0) is 61.7 Å². The molecule has 9 heteroatoms. The van der Waals surface area contributed by atoms with Gasteiger partial charge < -0.3 is 15.5 Å². The molecule has 0 aliphatic carbocycles. The van der Waals surface area contributed by atoms with Crippen LogP contribution < -0.4 is 10.6 Å². The van der Waals surface area contributed by atoms with E-state index in [9.17, 15) is 18.0 Å². The van der Waals surface area contributed by atoms with Crippen molar-refractivity contribution in [1.82, 2.24) is 4.90 Å². The number of carbonyl (C=O) groups is 2. The van der Waals surface area contributed by atoms with E-state index in [-0.39, 0.29) is 9.80 Å². The van der Waals surface area contributed by atoms with Crippen LogP contribution in [0.3, 0.4) is 0 Å². The van der Waals surface area contributed by atoms with Crippen LogP contribution in [0.1, 0.15) is 29.6 Å². The molecule has 0 saturated carbocycles. The molecule has 2 N–H and O–H groups in total. The molecule has 0 aromatic heterocycles. The number of halogens is 1. The average molecular weight is 446 g/mol. The molecule has 0 spiro atoms. The molecule has 7 nitrogen and oxygen atoms in total. The number of carbonyl (C=O) groups excluding carboxylic acids is 2. The lowest BCUT2D eigenvalue weighted by atomic mass is 10.1. The lowest BCUT2D eigenvalue weighted by Gasteiger charge is -2.32. The van der Waals surface area contributed by atoms with E-state index in [1.165, 1.54) is 24.4 Å². The number of amides is 2. The van der Waals surface area contributed by atoms with Crippen molar-refractivity contribution in [1.29, 1.82) is 0 Å². The Morgan fingerprint density at radius 1 is 0.967 bits per heavy atom. The van der Waals surface area contributed by atoms with Crippen molar-refractivity contribution in [2.24, 2.45) is 5.73 Å². The molecular weight excluding hydrogens is 426 g/mol. The summed E-state index contributed by atoms with van der Waals surface area (Å²) in [5.74, 6) is -1.07. The highest BCUT2D eigenvalue weighted by Crippen LogP contribution is 2.41. The highest BCUT2D eigenvalue weighted by Gasteiger charge is 2.38. The quantitative estimate of drug-likeness (QED) is 0.781. The first-order chi connectivity index (χ1) is 14.3. The minimum absolute atomic E-state index is 0.00809.